The average molecular weight is 737 g/mol. The second-order valence-electron chi connectivity index (χ2n) is 18.2. The fraction of sp³-hybridized carbons (Fsp3) is 0.821. The van der Waals surface area contributed by atoms with Crippen molar-refractivity contribution < 1.29 is 32.7 Å². The highest BCUT2D eigenvalue weighted by atomic mass is 28.4. The highest BCUT2D eigenvalue weighted by Crippen LogP contribution is 2.50. The van der Waals surface area contributed by atoms with Gasteiger partial charge in [0.15, 0.2) is 0 Å². The van der Waals surface area contributed by atoms with Crippen molar-refractivity contribution in [3.63, 3.8) is 0 Å². The minimum Gasteiger partial charge on any atom is -0.443 e. The van der Waals surface area contributed by atoms with Crippen molar-refractivity contribution in [1.82, 2.24) is 4.98 Å². The fourth-order valence-electron chi connectivity index (χ4n) is 8.58. The number of anilines is 1. The molecular weight excluding hydrogens is 665 g/mol. The Morgan fingerprint density at radius 1 is 0.740 bits per heavy atom. The van der Waals surface area contributed by atoms with E-state index in [1.165, 1.54) is 6.20 Å². The van der Waals surface area contributed by atoms with Gasteiger partial charge in [0.05, 0.1) is 36.3 Å². The van der Waals surface area contributed by atoms with Gasteiger partial charge in [0.1, 0.15) is 11.2 Å². The number of rotatable bonds is 12. The van der Waals surface area contributed by atoms with Crippen LogP contribution in [-0.4, -0.2) is 63.3 Å². The summed E-state index contributed by atoms with van der Waals surface area (Å²) in [5, 5.41) is 0. The second kappa shape index (κ2) is 16.9. The van der Waals surface area contributed by atoms with Crippen molar-refractivity contribution in [2.24, 2.45) is 0 Å². The van der Waals surface area contributed by atoms with Gasteiger partial charge in [-0.3, -0.25) is 4.98 Å². The highest BCUT2D eigenvalue weighted by molar-refractivity contribution is 6.78. The fourth-order valence-corrected chi connectivity index (χ4v) is 19.8. The minimum absolute atomic E-state index is 0.265. The maximum Gasteiger partial charge on any atom is 0.424 e. The van der Waals surface area contributed by atoms with E-state index in [0.29, 0.717) is 45.2 Å². The molecule has 0 spiro atoms. The third kappa shape index (κ3) is 9.99. The summed E-state index contributed by atoms with van der Waals surface area (Å²) in [4.78, 5) is 32.8. The second-order valence-corrected chi connectivity index (χ2v) is 29.0. The quantitative estimate of drug-likeness (QED) is 0.196. The largest absolute Gasteiger partial charge is 0.443 e. The van der Waals surface area contributed by atoms with Crippen LogP contribution in [0.2, 0.25) is 33.2 Å². The lowest BCUT2D eigenvalue weighted by atomic mass is 9.94. The lowest BCUT2D eigenvalue weighted by Crippen LogP contribution is -2.61. The Morgan fingerprint density at radius 3 is 1.52 bits per heavy atom. The smallest absolute Gasteiger partial charge is 0.424 e. The van der Waals surface area contributed by atoms with Crippen molar-refractivity contribution in [1.29, 1.82) is 0 Å². The summed E-state index contributed by atoms with van der Waals surface area (Å²) in [6.45, 7) is 40.3. The molecule has 0 N–H and O–H groups in total. The monoisotopic (exact) mass is 736 g/mol. The van der Waals surface area contributed by atoms with Gasteiger partial charge in [-0.2, -0.15) is 4.90 Å². The van der Waals surface area contributed by atoms with Crippen molar-refractivity contribution in [2.75, 3.05) is 4.90 Å². The third-order valence-electron chi connectivity index (χ3n) is 10.3. The number of pyridine rings is 1. The molecule has 1 saturated heterocycles. The summed E-state index contributed by atoms with van der Waals surface area (Å²) < 4.78 is 33.6. The third-order valence-corrected chi connectivity index (χ3v) is 22.6. The molecule has 288 valence electrons. The standard InChI is InChI=1S/C39H72N2O7Si2/c1-24(2)49(25(3)4,26(5)6)47-34-22-33(44-30(13)35(34)48-50(27(7)8,28(9)10)29(11)12)31-20-21-40-23-32(31)41(36(42)45-38(14,15)16)37(43)46-39(17,18)19/h20-21,23-30,33-35H,22H2,1-19H3/t30-,33-,34-,35-/m1/s1. The van der Waals surface area contributed by atoms with E-state index in [1.807, 2.05) is 6.07 Å². The molecule has 0 aromatic carbocycles. The van der Waals surface area contributed by atoms with E-state index in [2.05, 4.69) is 95.0 Å². The number of amides is 2. The zero-order valence-electron chi connectivity index (χ0n) is 35.0. The van der Waals surface area contributed by atoms with Crippen LogP contribution in [0, 0.1) is 0 Å². The number of hydrogen-bond acceptors (Lipinski definition) is 8. The number of hydrogen-bond donors (Lipinski definition) is 0. The summed E-state index contributed by atoms with van der Waals surface area (Å²) in [7, 11) is -4.74. The average Bonchev–Trinajstić information content (AvgIpc) is 2.92. The zero-order chi connectivity index (χ0) is 38.7. The summed E-state index contributed by atoms with van der Waals surface area (Å²) in [5.74, 6) is 0. The van der Waals surface area contributed by atoms with E-state index in [4.69, 9.17) is 23.1 Å². The number of aromatic nitrogens is 1. The van der Waals surface area contributed by atoms with Gasteiger partial charge >= 0.3 is 12.2 Å². The van der Waals surface area contributed by atoms with E-state index >= 15 is 0 Å². The van der Waals surface area contributed by atoms with Gasteiger partial charge in [0, 0.05) is 18.2 Å². The molecule has 0 saturated carbocycles. The van der Waals surface area contributed by atoms with Gasteiger partial charge < -0.3 is 23.1 Å². The molecule has 11 heteroatoms. The predicted octanol–water partition coefficient (Wildman–Crippen LogP) is 11.7. The van der Waals surface area contributed by atoms with E-state index in [0.717, 1.165) is 4.90 Å². The number of nitrogens with zero attached hydrogens (tertiary/aromatic N) is 2. The normalized spacial score (nSPS) is 21.1. The van der Waals surface area contributed by atoms with Crippen LogP contribution in [-0.2, 0) is 23.1 Å². The molecule has 4 atom stereocenters. The molecule has 2 rings (SSSR count). The lowest BCUT2D eigenvalue weighted by Gasteiger charge is -2.53. The van der Waals surface area contributed by atoms with Gasteiger partial charge in [-0.05, 0) is 87.8 Å². The summed E-state index contributed by atoms with van der Waals surface area (Å²) >= 11 is 0. The van der Waals surface area contributed by atoms with Crippen LogP contribution in [0.25, 0.3) is 0 Å². The molecule has 2 heterocycles. The predicted molar refractivity (Wildman–Crippen MR) is 209 cm³/mol. The Kier molecular flexibility index (Phi) is 15.0. The van der Waals surface area contributed by atoms with Crippen LogP contribution in [0.15, 0.2) is 18.5 Å². The molecule has 1 fully saturated rings. The van der Waals surface area contributed by atoms with Crippen molar-refractivity contribution >= 4 is 34.5 Å². The van der Waals surface area contributed by atoms with Gasteiger partial charge in [0.25, 0.3) is 0 Å². The Bertz CT molecular complexity index is 1200. The van der Waals surface area contributed by atoms with Crippen molar-refractivity contribution in [3.05, 3.63) is 24.0 Å². The van der Waals surface area contributed by atoms with E-state index in [1.54, 1.807) is 47.7 Å². The van der Waals surface area contributed by atoms with Crippen LogP contribution in [0.4, 0.5) is 15.3 Å². The molecule has 0 aliphatic carbocycles. The molecule has 1 aromatic heterocycles. The molecule has 1 aromatic rings. The Hall–Kier alpha value is -1.80. The summed E-state index contributed by atoms with van der Waals surface area (Å²) in [5.41, 5.74) is 1.47. The molecule has 9 nitrogen and oxygen atoms in total. The van der Waals surface area contributed by atoms with Gasteiger partial charge in [-0.15, -0.1) is 0 Å². The molecule has 2 amide bonds. The SMILES string of the molecule is CC(C)[Si](O[C@@H]1[C@@H](C)O[C@@H](c2ccncc2N(C(=O)OC(C)(C)C)C(=O)OC(C)(C)C)C[C@H]1O[Si](C(C)C)(C(C)C)C(C)C)(C(C)C)C(C)C. The van der Waals surface area contributed by atoms with E-state index in [-0.39, 0.29) is 24.0 Å². The van der Waals surface area contributed by atoms with Crippen LogP contribution >= 0.6 is 0 Å². The Labute approximate surface area is 307 Å². The van der Waals surface area contributed by atoms with Gasteiger partial charge in [0.2, 0.25) is 16.6 Å². The first-order valence-electron chi connectivity index (χ1n) is 18.9. The molecule has 0 unspecified atom stereocenters. The van der Waals surface area contributed by atoms with Crippen LogP contribution < -0.4 is 4.90 Å². The minimum atomic E-state index is -2.39. The van der Waals surface area contributed by atoms with Crippen LogP contribution in [0.5, 0.6) is 0 Å². The first-order valence-corrected chi connectivity index (χ1v) is 23.2. The Balaban J connectivity index is 2.82. The molecule has 50 heavy (non-hydrogen) atoms. The maximum absolute atomic E-state index is 13.8. The number of carbonyl (C=O) groups excluding carboxylic acids is 2. The molecule has 1 aliphatic heterocycles. The number of ether oxygens (including phenoxy) is 3. The maximum atomic E-state index is 13.8. The first kappa shape index (κ1) is 44.4. The molecule has 0 bridgehead atoms. The Morgan fingerprint density at radius 2 is 1.14 bits per heavy atom. The van der Waals surface area contributed by atoms with Crippen LogP contribution in [0.1, 0.15) is 150 Å². The molecule has 0 radical (unpaired) electrons. The zero-order valence-corrected chi connectivity index (χ0v) is 37.0. The van der Waals surface area contributed by atoms with Crippen molar-refractivity contribution in [2.45, 2.75) is 207 Å². The topological polar surface area (TPSA) is 96.4 Å². The first-order chi connectivity index (χ1) is 22.7. The van der Waals surface area contributed by atoms with E-state index in [9.17, 15) is 9.59 Å². The summed E-state index contributed by atoms with van der Waals surface area (Å²) in [6.07, 6.45) is 0.565. The molecule has 1 aliphatic rings. The van der Waals surface area contributed by atoms with Crippen molar-refractivity contribution in [3.8, 4) is 0 Å². The summed E-state index contributed by atoms with van der Waals surface area (Å²) in [6, 6.07) is 1.82. The molecular formula is C39H72N2O7Si2. The highest BCUT2D eigenvalue weighted by Gasteiger charge is 2.54. The van der Waals surface area contributed by atoms with Gasteiger partial charge in [-0.25, -0.2) is 9.59 Å². The van der Waals surface area contributed by atoms with Gasteiger partial charge in [-0.1, -0.05) is 83.1 Å². The number of carbonyl (C=O) groups is 2. The van der Waals surface area contributed by atoms with E-state index < -0.39 is 46.1 Å². The van der Waals surface area contributed by atoms with Crippen LogP contribution in [0.3, 0.4) is 0 Å². The lowest BCUT2D eigenvalue weighted by molar-refractivity contribution is -0.155. The number of imide groups is 1.